The minimum absolute atomic E-state index is 0.341. The van der Waals surface area contributed by atoms with Crippen LogP contribution in [-0.2, 0) is 15.8 Å². The van der Waals surface area contributed by atoms with Crippen LogP contribution in [0.15, 0.2) is 64.3 Å². The van der Waals surface area contributed by atoms with E-state index in [0.29, 0.717) is 27.0 Å². The summed E-state index contributed by atoms with van der Waals surface area (Å²) < 4.78 is 26.2. The molecule has 0 bridgehead atoms. The molecule has 7 nitrogen and oxygen atoms in total. The predicted molar refractivity (Wildman–Crippen MR) is 119 cm³/mol. The number of amides is 1. The van der Waals surface area contributed by atoms with E-state index in [1.165, 1.54) is 7.11 Å². The van der Waals surface area contributed by atoms with Gasteiger partial charge in [-0.2, -0.15) is 0 Å². The molecule has 2 aromatic carbocycles. The van der Waals surface area contributed by atoms with Crippen molar-refractivity contribution < 1.29 is 18.2 Å². The molecule has 0 spiro atoms. The third-order valence-electron chi connectivity index (χ3n) is 4.23. The molecular weight excluding hydrogens is 426 g/mol. The first-order chi connectivity index (χ1) is 14.2. The highest BCUT2D eigenvalue weighted by Gasteiger charge is 2.22. The molecule has 1 unspecified atom stereocenters. The second-order valence-corrected chi connectivity index (χ2v) is 8.71. The lowest BCUT2D eigenvalue weighted by atomic mass is 10.1. The Hall–Kier alpha value is -2.81. The third kappa shape index (κ3) is 5.02. The van der Waals surface area contributed by atoms with E-state index in [9.17, 15) is 9.00 Å². The first-order valence-electron chi connectivity index (χ1n) is 8.98. The third-order valence-corrected chi connectivity index (χ3v) is 5.82. The topological polar surface area (TPSA) is 107 Å². The second kappa shape index (κ2) is 8.91. The number of ether oxygens (including phenoxy) is 1. The van der Waals surface area contributed by atoms with Crippen LogP contribution in [0.1, 0.15) is 13.8 Å². The molecule has 30 heavy (non-hydrogen) atoms. The number of carbonyl (C=O) groups excluding carboxylic acids is 1. The van der Waals surface area contributed by atoms with Crippen molar-refractivity contribution in [2.45, 2.75) is 24.3 Å². The number of rotatable bonds is 7. The van der Waals surface area contributed by atoms with Gasteiger partial charge in [0.05, 0.1) is 40.8 Å². The number of hydrogen-bond donors (Lipinski definition) is 3. The average Bonchev–Trinajstić information content (AvgIpc) is 3.22. The van der Waals surface area contributed by atoms with E-state index in [1.54, 1.807) is 56.7 Å². The van der Waals surface area contributed by atoms with Crippen LogP contribution in [0.5, 0.6) is 5.75 Å². The van der Waals surface area contributed by atoms with E-state index < -0.39 is 16.5 Å². The quantitative estimate of drug-likeness (QED) is 0.497. The van der Waals surface area contributed by atoms with Crippen LogP contribution in [0.4, 0.5) is 11.4 Å². The van der Waals surface area contributed by atoms with Gasteiger partial charge in [0.1, 0.15) is 5.75 Å². The van der Waals surface area contributed by atoms with Crippen LogP contribution in [0.25, 0.3) is 11.1 Å². The maximum absolute atomic E-state index is 12.9. The monoisotopic (exact) mass is 447 g/mol. The van der Waals surface area contributed by atoms with E-state index >= 15 is 0 Å². The highest BCUT2D eigenvalue weighted by atomic mass is 35.5. The number of hydrogen-bond acceptors (Lipinski definition) is 5. The molecule has 0 aliphatic heterocycles. The van der Waals surface area contributed by atoms with Gasteiger partial charge in [0.15, 0.2) is 11.0 Å². The largest absolute Gasteiger partial charge is 0.495 e. The fourth-order valence-corrected chi connectivity index (χ4v) is 3.86. The molecule has 3 rings (SSSR count). The minimum atomic E-state index is -1.67. The Morgan fingerprint density at radius 3 is 2.53 bits per heavy atom. The molecule has 0 fully saturated rings. The SMILES string of the molecule is COc1ccc(NC(=O)C(C)(C)N)cc1NS(=O)c1ccc(-c2ccoc2)cc1Cl. The van der Waals surface area contributed by atoms with Crippen LogP contribution < -0.4 is 20.5 Å². The summed E-state index contributed by atoms with van der Waals surface area (Å²) in [6.07, 6.45) is 3.18. The summed E-state index contributed by atoms with van der Waals surface area (Å²) in [5.74, 6) is 0.108. The lowest BCUT2D eigenvalue weighted by Crippen LogP contribution is -2.45. The van der Waals surface area contributed by atoms with E-state index in [4.69, 9.17) is 26.5 Å². The van der Waals surface area contributed by atoms with Gasteiger partial charge >= 0.3 is 0 Å². The summed E-state index contributed by atoms with van der Waals surface area (Å²) in [5, 5.41) is 3.07. The van der Waals surface area contributed by atoms with Crippen LogP contribution in [0, 0.1) is 0 Å². The predicted octanol–water partition coefficient (Wildman–Crippen LogP) is 4.42. The van der Waals surface area contributed by atoms with E-state index in [-0.39, 0.29) is 5.91 Å². The van der Waals surface area contributed by atoms with Gasteiger partial charge in [-0.15, -0.1) is 0 Å². The van der Waals surface area contributed by atoms with E-state index in [1.807, 2.05) is 12.1 Å². The van der Waals surface area contributed by atoms with Gasteiger partial charge in [0, 0.05) is 11.3 Å². The van der Waals surface area contributed by atoms with Crippen molar-refractivity contribution >= 4 is 39.9 Å². The Bertz CT molecular complexity index is 1080. The molecule has 1 atom stereocenters. The summed E-state index contributed by atoms with van der Waals surface area (Å²) in [5.41, 5.74) is 7.41. The van der Waals surface area contributed by atoms with Crippen molar-refractivity contribution in [3.05, 3.63) is 60.0 Å². The molecule has 0 saturated carbocycles. The molecular formula is C21H22ClN3O4S. The zero-order valence-corrected chi connectivity index (χ0v) is 18.3. The fraction of sp³-hybridized carbons (Fsp3) is 0.190. The molecule has 0 aliphatic carbocycles. The Kier molecular flexibility index (Phi) is 6.50. The number of benzene rings is 2. The Balaban J connectivity index is 1.83. The molecule has 9 heteroatoms. The molecule has 1 amide bonds. The van der Waals surface area contributed by atoms with Crippen molar-refractivity contribution in [1.82, 2.24) is 0 Å². The van der Waals surface area contributed by atoms with Gasteiger partial charge in [-0.05, 0) is 55.8 Å². The van der Waals surface area contributed by atoms with Crippen molar-refractivity contribution in [2.24, 2.45) is 5.73 Å². The Morgan fingerprint density at radius 2 is 1.93 bits per heavy atom. The van der Waals surface area contributed by atoms with Crippen LogP contribution in [0.2, 0.25) is 5.02 Å². The van der Waals surface area contributed by atoms with Gasteiger partial charge in [0.2, 0.25) is 5.91 Å². The first-order valence-corrected chi connectivity index (χ1v) is 10.5. The van der Waals surface area contributed by atoms with Crippen molar-refractivity contribution in [3.8, 4) is 16.9 Å². The van der Waals surface area contributed by atoms with Crippen LogP contribution in [-0.4, -0.2) is 22.8 Å². The fourth-order valence-electron chi connectivity index (χ4n) is 2.57. The molecule has 1 aromatic heterocycles. The first kappa shape index (κ1) is 21.9. The van der Waals surface area contributed by atoms with Gasteiger partial charge < -0.3 is 20.2 Å². The molecule has 0 aliphatic rings. The van der Waals surface area contributed by atoms with Crippen LogP contribution >= 0.6 is 11.6 Å². The van der Waals surface area contributed by atoms with Gasteiger partial charge in [-0.1, -0.05) is 17.7 Å². The number of furan rings is 1. The summed E-state index contributed by atoms with van der Waals surface area (Å²) in [7, 11) is -0.176. The zero-order valence-electron chi connectivity index (χ0n) is 16.7. The average molecular weight is 448 g/mol. The Labute approximate surface area is 182 Å². The molecule has 0 saturated heterocycles. The molecule has 4 N–H and O–H groups in total. The second-order valence-electron chi connectivity index (χ2n) is 7.12. The van der Waals surface area contributed by atoms with Gasteiger partial charge in [-0.3, -0.25) is 9.52 Å². The number of methoxy groups -OCH3 is 1. The lowest BCUT2D eigenvalue weighted by Gasteiger charge is -2.19. The summed E-state index contributed by atoms with van der Waals surface area (Å²) >= 11 is 6.37. The molecule has 0 radical (unpaired) electrons. The summed E-state index contributed by atoms with van der Waals surface area (Å²) in [4.78, 5) is 12.6. The Morgan fingerprint density at radius 1 is 1.17 bits per heavy atom. The van der Waals surface area contributed by atoms with Gasteiger partial charge in [-0.25, -0.2) is 4.21 Å². The smallest absolute Gasteiger partial charge is 0.243 e. The van der Waals surface area contributed by atoms with Crippen LogP contribution in [0.3, 0.4) is 0 Å². The van der Waals surface area contributed by atoms with Gasteiger partial charge in [0.25, 0.3) is 0 Å². The van der Waals surface area contributed by atoms with Crippen molar-refractivity contribution in [3.63, 3.8) is 0 Å². The number of halogens is 1. The maximum atomic E-state index is 12.9. The maximum Gasteiger partial charge on any atom is 0.243 e. The molecule has 1 heterocycles. The molecule has 3 aromatic rings. The number of nitrogens with one attached hydrogen (secondary N) is 2. The summed E-state index contributed by atoms with van der Waals surface area (Å²) in [6, 6.07) is 12.0. The molecule has 158 valence electrons. The normalized spacial score (nSPS) is 12.3. The highest BCUT2D eigenvalue weighted by molar-refractivity contribution is 7.86. The lowest BCUT2D eigenvalue weighted by molar-refractivity contribution is -0.120. The summed E-state index contributed by atoms with van der Waals surface area (Å²) in [6.45, 7) is 3.21. The highest BCUT2D eigenvalue weighted by Crippen LogP contribution is 2.32. The van der Waals surface area contributed by atoms with E-state index in [0.717, 1.165) is 11.1 Å². The van der Waals surface area contributed by atoms with Crippen molar-refractivity contribution in [1.29, 1.82) is 0 Å². The number of carbonyl (C=O) groups is 1. The minimum Gasteiger partial charge on any atom is -0.495 e. The van der Waals surface area contributed by atoms with Crippen molar-refractivity contribution in [2.75, 3.05) is 17.1 Å². The number of nitrogens with two attached hydrogens (primary N) is 1. The zero-order chi connectivity index (χ0) is 21.9. The number of anilines is 2. The van der Waals surface area contributed by atoms with E-state index in [2.05, 4.69) is 10.0 Å². The standard InChI is InChI=1S/C21H22ClN3O4S/c1-21(2,23)20(26)24-15-5-6-18(28-3)17(11-15)25-30(27)19-7-4-13(10-16(19)22)14-8-9-29-12-14/h4-12,25H,23H2,1-3H3,(H,24,26).